The second kappa shape index (κ2) is 8.96. The number of aliphatic hydroxyl groups excluding tert-OH is 1. The van der Waals surface area contributed by atoms with Crippen molar-refractivity contribution >= 4 is 5.97 Å². The fourth-order valence-corrected chi connectivity index (χ4v) is 2.57. The predicted octanol–water partition coefficient (Wildman–Crippen LogP) is 3.02. The number of rotatable bonds is 4. The van der Waals surface area contributed by atoms with Gasteiger partial charge in [0.05, 0.1) is 12.6 Å². The van der Waals surface area contributed by atoms with Crippen molar-refractivity contribution in [3.63, 3.8) is 0 Å². The predicted molar refractivity (Wildman–Crippen MR) is 88.6 cm³/mol. The van der Waals surface area contributed by atoms with Crippen LogP contribution in [0, 0.1) is 0 Å². The highest BCUT2D eigenvalue weighted by atomic mass is 19.4. The Labute approximate surface area is 153 Å². The number of hydrogen-bond acceptors (Lipinski definition) is 6. The first-order valence-electron chi connectivity index (χ1n) is 8.30. The molecule has 2 N–H and O–H groups in total. The molecule has 0 bridgehead atoms. The molecule has 0 amide bonds. The molecule has 3 rings (SSSR count). The molecule has 1 atom stereocenters. The Kier molecular flexibility index (Phi) is 6.92. The molecule has 1 unspecified atom stereocenters. The fraction of sp³-hybridized carbons (Fsp3) is 0.471. The van der Waals surface area contributed by atoms with Crippen LogP contribution in [0.5, 0.6) is 0 Å². The molecule has 7 nitrogen and oxygen atoms in total. The Morgan fingerprint density at radius 2 is 1.81 bits per heavy atom. The van der Waals surface area contributed by atoms with Crippen molar-refractivity contribution in [2.75, 3.05) is 13.1 Å². The second-order valence-electron chi connectivity index (χ2n) is 6.03. The van der Waals surface area contributed by atoms with Gasteiger partial charge in [0, 0.05) is 5.56 Å². The van der Waals surface area contributed by atoms with Crippen LogP contribution in [0.15, 0.2) is 28.8 Å². The first-order chi connectivity index (χ1) is 12.7. The van der Waals surface area contributed by atoms with Crippen molar-refractivity contribution in [2.45, 2.75) is 38.6 Å². The van der Waals surface area contributed by atoms with E-state index in [0.29, 0.717) is 11.7 Å². The third-order valence-corrected chi connectivity index (χ3v) is 4.12. The third kappa shape index (κ3) is 5.76. The standard InChI is InChI=1S/C15H19N3O2.C2HF3O2/c1-11(18-8-2-3-9-18)15-16-14(17-20-15)13-6-4-12(10-19)5-7-13;3-2(4,5)1(6)7/h4-7,11,19H,2-3,8-10H2,1H3;(H,6,7). The quantitative estimate of drug-likeness (QED) is 0.832. The average Bonchev–Trinajstić information content (AvgIpc) is 3.33. The van der Waals surface area contributed by atoms with Crippen molar-refractivity contribution in [3.8, 4) is 11.4 Å². The van der Waals surface area contributed by atoms with Crippen LogP contribution >= 0.6 is 0 Å². The summed E-state index contributed by atoms with van der Waals surface area (Å²) in [7, 11) is 0. The monoisotopic (exact) mass is 387 g/mol. The summed E-state index contributed by atoms with van der Waals surface area (Å²) in [5, 5.41) is 20.2. The highest BCUT2D eigenvalue weighted by Gasteiger charge is 2.38. The SMILES string of the molecule is CC(c1nc(-c2ccc(CO)cc2)no1)N1CCCC1.O=C(O)C(F)(F)F. The number of carboxylic acids is 1. The number of carboxylic acid groups (broad SMARTS) is 1. The molecule has 1 aromatic heterocycles. The Hall–Kier alpha value is -2.46. The van der Waals surface area contributed by atoms with E-state index in [1.165, 1.54) is 12.8 Å². The van der Waals surface area contributed by atoms with Crippen LogP contribution in [0.4, 0.5) is 13.2 Å². The Bertz CT molecular complexity index is 741. The summed E-state index contributed by atoms with van der Waals surface area (Å²) >= 11 is 0. The Balaban J connectivity index is 0.000000321. The number of alkyl halides is 3. The lowest BCUT2D eigenvalue weighted by atomic mass is 10.1. The van der Waals surface area contributed by atoms with Crippen LogP contribution in [0.2, 0.25) is 0 Å². The lowest BCUT2D eigenvalue weighted by Crippen LogP contribution is -2.23. The minimum Gasteiger partial charge on any atom is -0.475 e. The molecule has 0 aliphatic carbocycles. The molecule has 2 heterocycles. The Morgan fingerprint density at radius 3 is 2.30 bits per heavy atom. The molecule has 148 valence electrons. The molecule has 0 saturated carbocycles. The zero-order chi connectivity index (χ0) is 20.0. The maximum atomic E-state index is 10.6. The summed E-state index contributed by atoms with van der Waals surface area (Å²) in [6, 6.07) is 7.72. The molecule has 2 aromatic rings. The summed E-state index contributed by atoms with van der Waals surface area (Å²) in [6.45, 7) is 4.36. The molecular weight excluding hydrogens is 367 g/mol. The summed E-state index contributed by atoms with van der Waals surface area (Å²) in [5.74, 6) is -1.48. The number of aromatic nitrogens is 2. The van der Waals surface area contributed by atoms with Crippen molar-refractivity contribution < 1.29 is 32.7 Å². The summed E-state index contributed by atoms with van der Waals surface area (Å²) in [5.41, 5.74) is 1.79. The molecule has 1 aromatic carbocycles. The van der Waals surface area contributed by atoms with Gasteiger partial charge in [0.15, 0.2) is 0 Å². The number of benzene rings is 1. The highest BCUT2D eigenvalue weighted by Crippen LogP contribution is 2.25. The van der Waals surface area contributed by atoms with Crippen molar-refractivity contribution in [2.24, 2.45) is 0 Å². The average molecular weight is 387 g/mol. The number of nitrogens with zero attached hydrogens (tertiary/aromatic N) is 3. The van der Waals surface area contributed by atoms with E-state index in [1.54, 1.807) is 0 Å². The molecule has 1 fully saturated rings. The number of carbonyl (C=O) groups is 1. The van der Waals surface area contributed by atoms with Crippen molar-refractivity contribution in [3.05, 3.63) is 35.7 Å². The zero-order valence-electron chi connectivity index (χ0n) is 14.6. The van der Waals surface area contributed by atoms with Gasteiger partial charge in [-0.25, -0.2) is 4.79 Å². The number of likely N-dealkylation sites (tertiary alicyclic amines) is 1. The fourth-order valence-electron chi connectivity index (χ4n) is 2.57. The number of hydrogen-bond donors (Lipinski definition) is 2. The molecule has 0 radical (unpaired) electrons. The van der Waals surface area contributed by atoms with E-state index in [-0.39, 0.29) is 12.6 Å². The maximum Gasteiger partial charge on any atom is 0.490 e. The van der Waals surface area contributed by atoms with Gasteiger partial charge in [0.1, 0.15) is 0 Å². The van der Waals surface area contributed by atoms with Crippen molar-refractivity contribution in [1.82, 2.24) is 15.0 Å². The summed E-state index contributed by atoms with van der Waals surface area (Å²) in [6.07, 6.45) is -2.60. The van der Waals surface area contributed by atoms with Gasteiger partial charge in [0.2, 0.25) is 11.7 Å². The molecule has 10 heteroatoms. The van der Waals surface area contributed by atoms with Crippen LogP contribution in [0.1, 0.15) is 37.3 Å². The molecule has 1 saturated heterocycles. The molecule has 0 spiro atoms. The van der Waals surface area contributed by atoms with Gasteiger partial charge in [-0.1, -0.05) is 29.4 Å². The smallest absolute Gasteiger partial charge is 0.475 e. The number of halogens is 3. The van der Waals surface area contributed by atoms with Crippen LogP contribution in [-0.4, -0.2) is 50.5 Å². The van der Waals surface area contributed by atoms with E-state index in [4.69, 9.17) is 19.5 Å². The molecule has 1 aliphatic rings. The topological polar surface area (TPSA) is 99.7 Å². The second-order valence-corrected chi connectivity index (χ2v) is 6.03. The van der Waals surface area contributed by atoms with Gasteiger partial charge in [0.25, 0.3) is 0 Å². The Morgan fingerprint density at radius 1 is 1.26 bits per heavy atom. The highest BCUT2D eigenvalue weighted by molar-refractivity contribution is 5.73. The van der Waals surface area contributed by atoms with Crippen molar-refractivity contribution in [1.29, 1.82) is 0 Å². The van der Waals surface area contributed by atoms with Crippen LogP contribution in [0.3, 0.4) is 0 Å². The lowest BCUT2D eigenvalue weighted by molar-refractivity contribution is -0.192. The van der Waals surface area contributed by atoms with E-state index in [2.05, 4.69) is 22.0 Å². The van der Waals surface area contributed by atoms with Gasteiger partial charge in [-0.05, 0) is 38.4 Å². The van der Waals surface area contributed by atoms with Crippen LogP contribution in [0.25, 0.3) is 11.4 Å². The van der Waals surface area contributed by atoms with E-state index in [0.717, 1.165) is 24.2 Å². The van der Waals surface area contributed by atoms with Gasteiger partial charge >= 0.3 is 12.1 Å². The minimum absolute atomic E-state index is 0.0454. The summed E-state index contributed by atoms with van der Waals surface area (Å²) < 4.78 is 37.1. The largest absolute Gasteiger partial charge is 0.490 e. The maximum absolute atomic E-state index is 10.6. The lowest BCUT2D eigenvalue weighted by Gasteiger charge is -2.19. The third-order valence-electron chi connectivity index (χ3n) is 4.12. The normalized spacial score (nSPS) is 15.9. The van der Waals surface area contributed by atoms with Crippen LogP contribution in [-0.2, 0) is 11.4 Å². The molecular formula is C17H20F3N3O4. The number of aliphatic hydroxyl groups is 1. The summed E-state index contributed by atoms with van der Waals surface area (Å²) in [4.78, 5) is 15.8. The first-order valence-corrected chi connectivity index (χ1v) is 8.30. The van der Waals surface area contributed by atoms with Crippen LogP contribution < -0.4 is 0 Å². The van der Waals surface area contributed by atoms with Gasteiger partial charge in [-0.2, -0.15) is 18.2 Å². The van der Waals surface area contributed by atoms with Gasteiger partial charge in [-0.15, -0.1) is 0 Å². The number of aliphatic carboxylic acids is 1. The molecule has 1 aliphatic heterocycles. The minimum atomic E-state index is -5.08. The zero-order valence-corrected chi connectivity index (χ0v) is 14.6. The molecule has 27 heavy (non-hydrogen) atoms. The van der Waals surface area contributed by atoms with E-state index >= 15 is 0 Å². The van der Waals surface area contributed by atoms with E-state index in [1.807, 2.05) is 24.3 Å². The van der Waals surface area contributed by atoms with E-state index in [9.17, 15) is 13.2 Å². The van der Waals surface area contributed by atoms with E-state index < -0.39 is 12.1 Å². The first kappa shape index (κ1) is 20.8. The van der Waals surface area contributed by atoms with Gasteiger partial charge in [-0.3, -0.25) is 4.90 Å². The van der Waals surface area contributed by atoms with Gasteiger partial charge < -0.3 is 14.7 Å².